The number of hydrogen-bond acceptors (Lipinski definition) is 2. The third-order valence-electron chi connectivity index (χ3n) is 3.78. The molecule has 142 valence electrons. The van der Waals surface area contributed by atoms with Crippen LogP contribution < -0.4 is 0 Å². The van der Waals surface area contributed by atoms with Gasteiger partial charge in [-0.05, 0) is 45.7 Å². The van der Waals surface area contributed by atoms with Gasteiger partial charge in [0.1, 0.15) is 0 Å². The van der Waals surface area contributed by atoms with Gasteiger partial charge in [0, 0.05) is 6.04 Å². The van der Waals surface area contributed by atoms with Crippen LogP contribution >= 0.6 is 7.52 Å². The fraction of sp³-hybridized carbons (Fsp3) is 0.700. The molecule has 0 aromatic heterocycles. The zero-order valence-electron chi connectivity index (χ0n) is 15.4. The van der Waals surface area contributed by atoms with Crippen LogP contribution in [0.5, 0.6) is 0 Å². The molecule has 0 saturated heterocycles. The molecule has 1 aromatic carbocycles. The molecule has 3 nitrogen and oxygen atoms in total. The second-order valence-corrected chi connectivity index (χ2v) is 11.5. The van der Waals surface area contributed by atoms with E-state index in [2.05, 4.69) is 39.8 Å². The van der Waals surface area contributed by atoms with Gasteiger partial charge in [-0.1, -0.05) is 66.0 Å². The molecule has 0 heterocycles. The first-order valence-corrected chi connectivity index (χ1v) is 9.49. The Bertz CT molecular complexity index is 515. The molecule has 0 aliphatic heterocycles. The van der Waals surface area contributed by atoms with Gasteiger partial charge in [-0.3, -0.25) is 4.57 Å². The maximum atomic E-state index is 13.7. The number of nitrogens with zero attached hydrogens (tertiary/aromatic N) is 1. The molecule has 1 unspecified atom stereocenters. The van der Waals surface area contributed by atoms with Crippen LogP contribution in [-0.4, -0.2) is 23.5 Å². The van der Waals surface area contributed by atoms with E-state index < -0.39 is 12.7 Å². The lowest BCUT2D eigenvalue weighted by atomic mass is 9.99. The molecule has 0 spiro atoms. The molecule has 0 N–H and O–H groups in total. The predicted molar refractivity (Wildman–Crippen MR) is 109 cm³/mol. The minimum atomic E-state index is -2.98. The highest BCUT2D eigenvalue weighted by Crippen LogP contribution is 2.63. The van der Waals surface area contributed by atoms with Crippen molar-refractivity contribution < 1.29 is 9.09 Å². The smallest absolute Gasteiger partial charge is 0.277 e. The molecule has 0 amide bonds. The zero-order valence-corrected chi connectivity index (χ0v) is 16.3. The van der Waals surface area contributed by atoms with Crippen LogP contribution in [0.3, 0.4) is 0 Å². The van der Waals surface area contributed by atoms with Gasteiger partial charge < -0.3 is 4.52 Å². The summed E-state index contributed by atoms with van der Waals surface area (Å²) in [6.07, 6.45) is 0. The molecule has 2 atom stereocenters. The van der Waals surface area contributed by atoms with Crippen LogP contribution in [0.25, 0.3) is 0 Å². The lowest BCUT2D eigenvalue weighted by molar-refractivity contribution is 0.167. The van der Waals surface area contributed by atoms with Crippen LogP contribution in [0, 0.1) is 5.41 Å². The Morgan fingerprint density at radius 2 is 1.50 bits per heavy atom. The molecule has 1 rings (SSSR count). The summed E-state index contributed by atoms with van der Waals surface area (Å²) < 4.78 is 21.7. The molecule has 1 aromatic rings. The Labute approximate surface area is 151 Å². The van der Waals surface area contributed by atoms with E-state index >= 15 is 0 Å². The quantitative estimate of drug-likeness (QED) is 0.531. The van der Waals surface area contributed by atoms with Crippen LogP contribution in [0.1, 0.15) is 74.9 Å². The molecule has 0 aliphatic rings. The van der Waals surface area contributed by atoms with Gasteiger partial charge in [0.2, 0.25) is 0 Å². The Morgan fingerprint density at radius 1 is 1.04 bits per heavy atom. The molecule has 0 bridgehead atoms. The fourth-order valence-electron chi connectivity index (χ4n) is 2.21. The van der Waals surface area contributed by atoms with Gasteiger partial charge in [0.25, 0.3) is 7.52 Å². The monoisotopic (exact) mass is 357 g/mol. The van der Waals surface area contributed by atoms with E-state index in [4.69, 9.17) is 4.52 Å². The summed E-state index contributed by atoms with van der Waals surface area (Å²) in [7, 11) is -1.07. The minimum Gasteiger partial charge on any atom is -0.316 e. The summed E-state index contributed by atoms with van der Waals surface area (Å²) in [6.45, 7) is 14.8. The maximum absolute atomic E-state index is 13.7. The first-order chi connectivity index (χ1) is 9.88. The van der Waals surface area contributed by atoms with Crippen molar-refractivity contribution in [3.8, 4) is 0 Å². The third-order valence-corrected chi connectivity index (χ3v) is 7.13. The van der Waals surface area contributed by atoms with Crippen LogP contribution in [0.2, 0.25) is 0 Å². The highest BCUT2D eigenvalue weighted by atomic mass is 31.2. The van der Waals surface area contributed by atoms with Crippen molar-refractivity contribution in [2.24, 2.45) is 5.41 Å². The van der Waals surface area contributed by atoms with E-state index in [9.17, 15) is 4.57 Å². The summed E-state index contributed by atoms with van der Waals surface area (Å²) in [5, 5.41) is -0.434. The Morgan fingerprint density at radius 3 is 1.88 bits per heavy atom. The first kappa shape index (κ1) is 25.6. The lowest BCUT2D eigenvalue weighted by Crippen LogP contribution is -2.32. The van der Waals surface area contributed by atoms with E-state index in [0.717, 1.165) is 5.56 Å². The van der Waals surface area contributed by atoms with Crippen molar-refractivity contribution in [1.82, 2.24) is 4.67 Å². The van der Waals surface area contributed by atoms with Crippen molar-refractivity contribution in [1.29, 1.82) is 0 Å². The highest BCUT2D eigenvalue weighted by Gasteiger charge is 2.44. The molecular formula is C20H40NO2P. The van der Waals surface area contributed by atoms with Gasteiger partial charge in [-0.2, -0.15) is 0 Å². The summed E-state index contributed by atoms with van der Waals surface area (Å²) in [4.78, 5) is 0. The van der Waals surface area contributed by atoms with Gasteiger partial charge in [-0.15, -0.1) is 0 Å². The lowest BCUT2D eigenvalue weighted by Gasteiger charge is -2.41. The normalized spacial score (nSPS) is 15.9. The van der Waals surface area contributed by atoms with Gasteiger partial charge >= 0.3 is 0 Å². The van der Waals surface area contributed by atoms with E-state index in [1.165, 1.54) is 0 Å². The molecule has 0 saturated carbocycles. The molecule has 24 heavy (non-hydrogen) atoms. The molecule has 0 aliphatic carbocycles. The maximum Gasteiger partial charge on any atom is 0.277 e. The second kappa shape index (κ2) is 9.17. The van der Waals surface area contributed by atoms with Crippen molar-refractivity contribution in [2.45, 2.75) is 74.5 Å². The third kappa shape index (κ3) is 6.35. The SMILES string of the molecule is C.C.C[C@@H](c1ccccc1)N(C)P(=O)(OCC(C)(C)C)C(C)(C)C. The number of benzene rings is 1. The Hall–Kier alpha value is -0.630. The number of hydrogen-bond donors (Lipinski definition) is 0. The highest BCUT2D eigenvalue weighted by molar-refractivity contribution is 7.58. The largest absolute Gasteiger partial charge is 0.316 e. The summed E-state index contributed by atoms with van der Waals surface area (Å²) >= 11 is 0. The molecular weight excluding hydrogens is 317 g/mol. The van der Waals surface area contributed by atoms with Crippen LogP contribution in [0.4, 0.5) is 0 Å². The standard InChI is InChI=1S/C18H32NO2P.2CH4/c1-15(16-12-10-9-11-13-16)19(8)22(20,18(5,6)7)21-14-17(2,3)4;;/h9-13,15H,14H2,1-8H3;2*1H4/t15-,22?;;/m0../s1. The van der Waals surface area contributed by atoms with Crippen molar-refractivity contribution in [3.63, 3.8) is 0 Å². The molecule has 4 heteroatoms. The van der Waals surface area contributed by atoms with Crippen molar-refractivity contribution in [3.05, 3.63) is 35.9 Å². The van der Waals surface area contributed by atoms with Crippen molar-refractivity contribution >= 4 is 7.52 Å². The van der Waals surface area contributed by atoms with Crippen molar-refractivity contribution in [2.75, 3.05) is 13.7 Å². The minimum absolute atomic E-state index is 0. The van der Waals surface area contributed by atoms with Gasteiger partial charge in [0.15, 0.2) is 0 Å². The van der Waals surface area contributed by atoms with Crippen LogP contribution in [-0.2, 0) is 9.09 Å². The summed E-state index contributed by atoms with van der Waals surface area (Å²) in [5.74, 6) is 0. The van der Waals surface area contributed by atoms with Gasteiger partial charge in [0.05, 0.1) is 11.8 Å². The summed E-state index contributed by atoms with van der Waals surface area (Å²) in [5.41, 5.74) is 1.13. The second-order valence-electron chi connectivity index (χ2n) is 8.19. The average molecular weight is 358 g/mol. The fourth-order valence-corrected chi connectivity index (χ4v) is 4.88. The molecule has 0 radical (unpaired) electrons. The summed E-state index contributed by atoms with van der Waals surface area (Å²) in [6, 6.07) is 10.2. The van der Waals surface area contributed by atoms with E-state index in [1.54, 1.807) is 0 Å². The Balaban J connectivity index is 0. The first-order valence-electron chi connectivity index (χ1n) is 7.91. The van der Waals surface area contributed by atoms with E-state index in [-0.39, 0.29) is 26.3 Å². The zero-order chi connectivity index (χ0) is 17.2. The van der Waals surface area contributed by atoms with E-state index in [1.807, 2.05) is 50.7 Å². The van der Waals surface area contributed by atoms with Crippen LogP contribution in [0.15, 0.2) is 30.3 Å². The molecule has 0 fully saturated rings. The average Bonchev–Trinajstić information content (AvgIpc) is 2.42. The topological polar surface area (TPSA) is 29.5 Å². The predicted octanol–water partition coefficient (Wildman–Crippen LogP) is 7.01. The van der Waals surface area contributed by atoms with E-state index in [0.29, 0.717) is 6.61 Å². The Kier molecular flexibility index (Phi) is 9.79. The number of rotatable bonds is 5. The van der Waals surface area contributed by atoms with Gasteiger partial charge in [-0.25, -0.2) is 4.67 Å².